The number of para-hydroxylation sites is 1. The lowest BCUT2D eigenvalue weighted by Gasteiger charge is -2.19. The Labute approximate surface area is 182 Å². The van der Waals surface area contributed by atoms with Gasteiger partial charge in [-0.05, 0) is 48.4 Å². The smallest absolute Gasteiger partial charge is 0.251 e. The average Bonchev–Trinajstić information content (AvgIpc) is 2.77. The van der Waals surface area contributed by atoms with E-state index in [0.29, 0.717) is 36.3 Å². The molecular formula is C24H25FN2O3S. The van der Waals surface area contributed by atoms with Crippen molar-refractivity contribution in [1.82, 2.24) is 5.32 Å². The average molecular weight is 441 g/mol. The van der Waals surface area contributed by atoms with Gasteiger partial charge in [-0.25, -0.2) is 12.8 Å². The van der Waals surface area contributed by atoms with Crippen LogP contribution in [0.4, 0.5) is 10.1 Å². The van der Waals surface area contributed by atoms with Crippen molar-refractivity contribution >= 4 is 21.4 Å². The predicted octanol–water partition coefficient (Wildman–Crippen LogP) is 4.06. The summed E-state index contributed by atoms with van der Waals surface area (Å²) < 4.78 is 38.7. The van der Waals surface area contributed by atoms with E-state index in [-0.39, 0.29) is 22.4 Å². The normalized spacial score (nSPS) is 11.2. The number of hydrogen-bond acceptors (Lipinski definition) is 4. The molecule has 0 aliphatic heterocycles. The minimum atomic E-state index is -3.43. The Morgan fingerprint density at radius 3 is 2.26 bits per heavy atom. The second-order valence-corrected chi connectivity index (χ2v) is 9.24. The Kier molecular flexibility index (Phi) is 7.41. The molecule has 0 saturated carbocycles. The van der Waals surface area contributed by atoms with Gasteiger partial charge in [0.1, 0.15) is 5.82 Å². The number of rotatable bonds is 9. The van der Waals surface area contributed by atoms with Crippen molar-refractivity contribution in [2.75, 3.05) is 25.0 Å². The molecule has 0 spiro atoms. The number of benzene rings is 3. The highest BCUT2D eigenvalue weighted by Crippen LogP contribution is 2.18. The number of carbonyl (C=O) groups excluding carboxylic acids is 1. The van der Waals surface area contributed by atoms with Crippen LogP contribution in [0, 0.1) is 5.82 Å². The molecule has 1 N–H and O–H groups in total. The number of halogens is 1. The maximum atomic E-state index is 13.8. The van der Waals surface area contributed by atoms with E-state index in [1.165, 1.54) is 6.07 Å². The zero-order chi connectivity index (χ0) is 22.3. The maximum absolute atomic E-state index is 13.8. The lowest BCUT2D eigenvalue weighted by Crippen LogP contribution is -2.28. The fraction of sp³-hybridized carbons (Fsp3) is 0.208. The van der Waals surface area contributed by atoms with Gasteiger partial charge in [-0.2, -0.15) is 0 Å². The van der Waals surface area contributed by atoms with Crippen molar-refractivity contribution < 1.29 is 17.6 Å². The van der Waals surface area contributed by atoms with Crippen molar-refractivity contribution in [1.29, 1.82) is 0 Å². The van der Waals surface area contributed by atoms with Crippen molar-refractivity contribution in [2.45, 2.75) is 17.1 Å². The molecule has 0 radical (unpaired) electrons. The second kappa shape index (κ2) is 10.2. The van der Waals surface area contributed by atoms with Crippen LogP contribution in [0.5, 0.6) is 0 Å². The number of hydrogen-bond donors (Lipinski definition) is 1. The SMILES string of the molecule is CN(CCCNC(=O)c1ccc(CS(=O)(=O)c2ccccc2)cc1)c1ccccc1F. The minimum Gasteiger partial charge on any atom is -0.372 e. The van der Waals surface area contributed by atoms with Gasteiger partial charge in [0.2, 0.25) is 0 Å². The minimum absolute atomic E-state index is 0.124. The van der Waals surface area contributed by atoms with Crippen molar-refractivity contribution in [3.8, 4) is 0 Å². The zero-order valence-electron chi connectivity index (χ0n) is 17.3. The first-order chi connectivity index (χ1) is 14.9. The molecule has 0 heterocycles. The van der Waals surface area contributed by atoms with Crippen LogP contribution in [0.3, 0.4) is 0 Å². The van der Waals surface area contributed by atoms with Gasteiger partial charge in [-0.15, -0.1) is 0 Å². The summed E-state index contributed by atoms with van der Waals surface area (Å²) in [7, 11) is -1.62. The van der Waals surface area contributed by atoms with E-state index in [0.717, 1.165) is 0 Å². The first-order valence-corrected chi connectivity index (χ1v) is 11.6. The third-order valence-corrected chi connectivity index (χ3v) is 6.60. The summed E-state index contributed by atoms with van der Waals surface area (Å²) in [6.45, 7) is 1.04. The van der Waals surface area contributed by atoms with Gasteiger partial charge in [-0.3, -0.25) is 4.79 Å². The standard InChI is InChI=1S/C24H25FN2O3S/c1-27(23-11-6-5-10-22(23)25)17-7-16-26-24(28)20-14-12-19(13-15-20)18-31(29,30)21-8-3-2-4-9-21/h2-6,8-15H,7,16-18H2,1H3,(H,26,28). The number of amides is 1. The molecule has 0 aliphatic carbocycles. The van der Waals surface area contributed by atoms with E-state index in [4.69, 9.17) is 0 Å². The summed E-state index contributed by atoms with van der Waals surface area (Å²) in [6, 6.07) is 21.4. The molecule has 0 saturated heterocycles. The summed E-state index contributed by atoms with van der Waals surface area (Å²) in [6.07, 6.45) is 0.657. The van der Waals surface area contributed by atoms with E-state index in [1.807, 2.05) is 11.9 Å². The highest BCUT2D eigenvalue weighted by molar-refractivity contribution is 7.90. The molecule has 3 aromatic carbocycles. The molecule has 7 heteroatoms. The fourth-order valence-electron chi connectivity index (χ4n) is 3.18. The monoisotopic (exact) mass is 440 g/mol. The third-order valence-electron chi connectivity index (χ3n) is 4.89. The van der Waals surface area contributed by atoms with Crippen LogP contribution < -0.4 is 10.2 Å². The first-order valence-electron chi connectivity index (χ1n) is 9.97. The van der Waals surface area contributed by atoms with Gasteiger partial charge in [-0.1, -0.05) is 42.5 Å². The van der Waals surface area contributed by atoms with Gasteiger partial charge in [0, 0.05) is 25.7 Å². The molecule has 162 valence electrons. The zero-order valence-corrected chi connectivity index (χ0v) is 18.1. The van der Waals surface area contributed by atoms with Gasteiger partial charge in [0.15, 0.2) is 9.84 Å². The largest absolute Gasteiger partial charge is 0.372 e. The molecule has 3 aromatic rings. The van der Waals surface area contributed by atoms with Gasteiger partial charge >= 0.3 is 0 Å². The number of nitrogens with one attached hydrogen (secondary N) is 1. The van der Waals surface area contributed by atoms with Gasteiger partial charge in [0.25, 0.3) is 5.91 Å². The van der Waals surface area contributed by atoms with Crippen LogP contribution >= 0.6 is 0 Å². The van der Waals surface area contributed by atoms with Crippen molar-refractivity contribution in [3.63, 3.8) is 0 Å². The van der Waals surface area contributed by atoms with E-state index in [9.17, 15) is 17.6 Å². The quantitative estimate of drug-likeness (QED) is 0.510. The topological polar surface area (TPSA) is 66.5 Å². The van der Waals surface area contributed by atoms with Crippen molar-refractivity contribution in [3.05, 3.63) is 95.8 Å². The van der Waals surface area contributed by atoms with Crippen LogP contribution in [0.1, 0.15) is 22.3 Å². The lowest BCUT2D eigenvalue weighted by atomic mass is 10.1. The molecule has 31 heavy (non-hydrogen) atoms. The summed E-state index contributed by atoms with van der Waals surface area (Å²) in [5.74, 6) is -0.629. The molecule has 0 fully saturated rings. The Morgan fingerprint density at radius 2 is 1.58 bits per heavy atom. The van der Waals surface area contributed by atoms with E-state index in [2.05, 4.69) is 5.32 Å². The summed E-state index contributed by atoms with van der Waals surface area (Å²) >= 11 is 0. The van der Waals surface area contributed by atoms with Crippen LogP contribution in [-0.2, 0) is 15.6 Å². The number of anilines is 1. The lowest BCUT2D eigenvalue weighted by molar-refractivity contribution is 0.0953. The van der Waals surface area contributed by atoms with E-state index < -0.39 is 9.84 Å². The van der Waals surface area contributed by atoms with Crippen LogP contribution in [0.15, 0.2) is 83.8 Å². The summed E-state index contributed by atoms with van der Waals surface area (Å²) in [4.78, 5) is 14.4. The van der Waals surface area contributed by atoms with Gasteiger partial charge < -0.3 is 10.2 Å². The number of carbonyl (C=O) groups is 1. The van der Waals surface area contributed by atoms with E-state index >= 15 is 0 Å². The third kappa shape index (κ3) is 6.15. The Hall–Kier alpha value is -3.19. The Balaban J connectivity index is 1.49. The highest BCUT2D eigenvalue weighted by Gasteiger charge is 2.15. The van der Waals surface area contributed by atoms with Crippen LogP contribution in [0.2, 0.25) is 0 Å². The van der Waals surface area contributed by atoms with Crippen LogP contribution in [-0.4, -0.2) is 34.5 Å². The first kappa shape index (κ1) is 22.5. The number of sulfone groups is 1. The molecule has 0 atom stereocenters. The van der Waals surface area contributed by atoms with Gasteiger partial charge in [0.05, 0.1) is 16.3 Å². The molecule has 0 aliphatic rings. The van der Waals surface area contributed by atoms with E-state index in [1.54, 1.807) is 72.8 Å². The molecule has 0 aromatic heterocycles. The summed E-state index contributed by atoms with van der Waals surface area (Å²) in [5, 5.41) is 2.84. The Bertz CT molecular complexity index is 1120. The Morgan fingerprint density at radius 1 is 0.935 bits per heavy atom. The second-order valence-electron chi connectivity index (χ2n) is 7.25. The fourth-order valence-corrected chi connectivity index (χ4v) is 4.55. The molecule has 0 bridgehead atoms. The maximum Gasteiger partial charge on any atom is 0.251 e. The molecular weight excluding hydrogens is 415 g/mol. The molecule has 0 unspecified atom stereocenters. The number of nitrogens with zero attached hydrogens (tertiary/aromatic N) is 1. The molecule has 5 nitrogen and oxygen atoms in total. The highest BCUT2D eigenvalue weighted by atomic mass is 32.2. The summed E-state index contributed by atoms with van der Waals surface area (Å²) in [5.41, 5.74) is 1.60. The van der Waals surface area contributed by atoms with Crippen molar-refractivity contribution in [2.24, 2.45) is 0 Å². The van der Waals surface area contributed by atoms with Crippen LogP contribution in [0.25, 0.3) is 0 Å². The predicted molar refractivity (Wildman–Crippen MR) is 120 cm³/mol. The molecule has 1 amide bonds. The molecule has 3 rings (SSSR count).